The zero-order chi connectivity index (χ0) is 20.4. The van der Waals surface area contributed by atoms with E-state index in [4.69, 9.17) is 9.47 Å². The summed E-state index contributed by atoms with van der Waals surface area (Å²) in [6.45, 7) is 0.0882. The van der Waals surface area contributed by atoms with Crippen molar-refractivity contribution in [2.75, 3.05) is 6.61 Å². The zero-order valence-corrected chi connectivity index (χ0v) is 16.9. The maximum Gasteiger partial charge on any atom is 0.180 e. The van der Waals surface area contributed by atoms with Crippen LogP contribution in [-0.2, 0) is 11.3 Å². The molecule has 0 unspecified atom stereocenters. The Morgan fingerprint density at radius 2 is 1.66 bits per heavy atom. The lowest BCUT2D eigenvalue weighted by molar-refractivity contribution is -0.214. The number of aromatic nitrogens is 3. The van der Waals surface area contributed by atoms with Gasteiger partial charge in [-0.3, -0.25) is 0 Å². The summed E-state index contributed by atoms with van der Waals surface area (Å²) < 4.78 is 13.5. The van der Waals surface area contributed by atoms with Crippen LogP contribution in [0.15, 0.2) is 59.2 Å². The molecule has 152 valence electrons. The molecule has 1 saturated heterocycles. The van der Waals surface area contributed by atoms with Crippen LogP contribution in [0.4, 0.5) is 0 Å². The van der Waals surface area contributed by atoms with Gasteiger partial charge in [0.25, 0.3) is 0 Å². The van der Waals surface area contributed by atoms with E-state index in [9.17, 15) is 15.3 Å². The highest BCUT2D eigenvalue weighted by atomic mass is 79.9. The van der Waals surface area contributed by atoms with Crippen molar-refractivity contribution >= 4 is 15.9 Å². The first-order chi connectivity index (χ1) is 14.0. The number of aliphatic hydroxyl groups is 3. The molecule has 0 aliphatic carbocycles. The molecule has 0 radical (unpaired) electrons. The number of halogens is 1. The molecule has 0 amide bonds. The third-order valence-electron chi connectivity index (χ3n) is 4.71. The fraction of sp³-hybridized carbons (Fsp3) is 0.300. The van der Waals surface area contributed by atoms with Crippen molar-refractivity contribution in [3.05, 3.63) is 64.9 Å². The van der Waals surface area contributed by atoms with Gasteiger partial charge in [0, 0.05) is 4.47 Å². The summed E-state index contributed by atoms with van der Waals surface area (Å²) in [4.78, 5) is 0. The van der Waals surface area contributed by atoms with E-state index in [0.717, 1.165) is 15.6 Å². The lowest BCUT2D eigenvalue weighted by Crippen LogP contribution is -2.50. The second-order valence-corrected chi connectivity index (χ2v) is 7.70. The summed E-state index contributed by atoms with van der Waals surface area (Å²) in [5.74, 6) is 0.688. The number of rotatable bonds is 5. The number of hydrogen-bond donors (Lipinski definition) is 3. The molecule has 1 aliphatic heterocycles. The molecule has 0 saturated carbocycles. The van der Waals surface area contributed by atoms with Gasteiger partial charge in [0.05, 0.1) is 12.8 Å². The largest absolute Gasteiger partial charge is 0.487 e. The van der Waals surface area contributed by atoms with Gasteiger partial charge in [0.2, 0.25) is 0 Å². The van der Waals surface area contributed by atoms with Gasteiger partial charge in [-0.2, -0.15) is 0 Å². The SMILES string of the molecule is O[C@@H]1[C@@H](O)[C@H](n2cc(COc3ccc(-c4ccc(Br)cc4)cc3)nn2)OC[C@H]1O. The second-order valence-electron chi connectivity index (χ2n) is 6.78. The summed E-state index contributed by atoms with van der Waals surface area (Å²) in [6, 6.07) is 15.8. The van der Waals surface area contributed by atoms with Crippen LogP contribution >= 0.6 is 15.9 Å². The summed E-state index contributed by atoms with van der Waals surface area (Å²) in [5.41, 5.74) is 2.74. The molecule has 4 atom stereocenters. The van der Waals surface area contributed by atoms with Crippen LogP contribution in [-0.4, -0.2) is 55.2 Å². The Bertz CT molecular complexity index is 948. The molecule has 0 bridgehead atoms. The third kappa shape index (κ3) is 4.49. The van der Waals surface area contributed by atoms with Gasteiger partial charge in [0.15, 0.2) is 6.23 Å². The van der Waals surface area contributed by atoms with E-state index in [1.165, 1.54) is 4.68 Å². The first-order valence-electron chi connectivity index (χ1n) is 9.06. The van der Waals surface area contributed by atoms with Crippen molar-refractivity contribution in [1.82, 2.24) is 15.0 Å². The van der Waals surface area contributed by atoms with Gasteiger partial charge in [-0.05, 0) is 35.4 Å². The monoisotopic (exact) mass is 461 g/mol. The maximum absolute atomic E-state index is 10.1. The standard InChI is InChI=1S/C20H20BrN3O5/c21-14-5-1-12(2-6-14)13-3-7-16(8-4-13)28-10-15-9-24(23-22-15)20-19(27)18(26)17(25)11-29-20/h1-9,17-20,25-27H,10-11H2/t17-,18+,19-,20-/m1/s1. The van der Waals surface area contributed by atoms with E-state index < -0.39 is 24.5 Å². The van der Waals surface area contributed by atoms with E-state index in [0.29, 0.717) is 11.4 Å². The van der Waals surface area contributed by atoms with Gasteiger partial charge in [0.1, 0.15) is 36.4 Å². The average Bonchev–Trinajstić information content (AvgIpc) is 3.20. The highest BCUT2D eigenvalue weighted by Gasteiger charge is 2.39. The van der Waals surface area contributed by atoms with Crippen molar-refractivity contribution in [1.29, 1.82) is 0 Å². The molecule has 2 heterocycles. The van der Waals surface area contributed by atoms with E-state index in [2.05, 4.69) is 26.2 Å². The fourth-order valence-electron chi connectivity index (χ4n) is 3.07. The minimum Gasteiger partial charge on any atom is -0.487 e. The van der Waals surface area contributed by atoms with E-state index in [1.54, 1.807) is 6.20 Å². The van der Waals surface area contributed by atoms with Crippen LogP contribution in [0, 0.1) is 0 Å². The van der Waals surface area contributed by atoms with E-state index in [1.807, 2.05) is 48.5 Å². The van der Waals surface area contributed by atoms with Gasteiger partial charge in [-0.25, -0.2) is 4.68 Å². The molecule has 1 aliphatic rings. The zero-order valence-electron chi connectivity index (χ0n) is 15.3. The second kappa shape index (κ2) is 8.60. The summed E-state index contributed by atoms with van der Waals surface area (Å²) in [5, 5.41) is 37.3. The Labute approximate surface area is 175 Å². The summed E-state index contributed by atoms with van der Waals surface area (Å²) in [7, 11) is 0. The topological polar surface area (TPSA) is 110 Å². The average molecular weight is 462 g/mol. The normalized spacial score (nSPS) is 24.4. The quantitative estimate of drug-likeness (QED) is 0.532. The summed E-state index contributed by atoms with van der Waals surface area (Å²) >= 11 is 3.43. The molecule has 3 N–H and O–H groups in total. The molecule has 8 nitrogen and oxygen atoms in total. The highest BCUT2D eigenvalue weighted by Crippen LogP contribution is 2.25. The van der Waals surface area contributed by atoms with Crippen molar-refractivity contribution in [2.45, 2.75) is 31.1 Å². The van der Waals surface area contributed by atoms with Crippen molar-refractivity contribution < 1.29 is 24.8 Å². The summed E-state index contributed by atoms with van der Waals surface area (Å²) in [6.07, 6.45) is -3.08. The van der Waals surface area contributed by atoms with E-state index in [-0.39, 0.29) is 13.2 Å². The van der Waals surface area contributed by atoms with Crippen LogP contribution in [0.5, 0.6) is 5.75 Å². The number of ether oxygens (including phenoxy) is 2. The van der Waals surface area contributed by atoms with Crippen LogP contribution in [0.25, 0.3) is 11.1 Å². The van der Waals surface area contributed by atoms with Crippen molar-refractivity contribution in [3.63, 3.8) is 0 Å². The molecule has 4 rings (SSSR count). The smallest absolute Gasteiger partial charge is 0.180 e. The van der Waals surface area contributed by atoms with E-state index >= 15 is 0 Å². The Morgan fingerprint density at radius 3 is 2.34 bits per heavy atom. The molecule has 2 aromatic carbocycles. The van der Waals surface area contributed by atoms with Gasteiger partial charge >= 0.3 is 0 Å². The Kier molecular flexibility index (Phi) is 5.93. The number of aliphatic hydroxyl groups excluding tert-OH is 3. The maximum atomic E-state index is 10.1. The predicted molar refractivity (Wildman–Crippen MR) is 107 cm³/mol. The number of benzene rings is 2. The van der Waals surface area contributed by atoms with Crippen LogP contribution < -0.4 is 4.74 Å². The highest BCUT2D eigenvalue weighted by molar-refractivity contribution is 9.10. The van der Waals surface area contributed by atoms with Gasteiger partial charge in [-0.15, -0.1) is 5.10 Å². The molecular weight excluding hydrogens is 442 g/mol. The van der Waals surface area contributed by atoms with Gasteiger partial charge < -0.3 is 24.8 Å². The number of hydrogen-bond acceptors (Lipinski definition) is 7. The molecule has 3 aromatic rings. The van der Waals surface area contributed by atoms with Crippen LogP contribution in [0.1, 0.15) is 11.9 Å². The Morgan fingerprint density at radius 1 is 1.00 bits per heavy atom. The molecule has 1 fully saturated rings. The van der Waals surface area contributed by atoms with Crippen molar-refractivity contribution in [2.24, 2.45) is 0 Å². The predicted octanol–water partition coefficient (Wildman–Crippen LogP) is 1.90. The molecule has 0 spiro atoms. The van der Waals surface area contributed by atoms with Crippen LogP contribution in [0.3, 0.4) is 0 Å². The van der Waals surface area contributed by atoms with Gasteiger partial charge in [-0.1, -0.05) is 45.4 Å². The fourth-order valence-corrected chi connectivity index (χ4v) is 3.33. The lowest BCUT2D eigenvalue weighted by atomic mass is 10.0. The number of nitrogens with zero attached hydrogens (tertiary/aromatic N) is 3. The minimum atomic E-state index is -1.31. The minimum absolute atomic E-state index is 0.0979. The first-order valence-corrected chi connectivity index (χ1v) is 9.86. The lowest BCUT2D eigenvalue weighted by Gasteiger charge is -2.34. The Hall–Kier alpha value is -2.30. The molecule has 1 aromatic heterocycles. The molecule has 9 heteroatoms. The van der Waals surface area contributed by atoms with Crippen LogP contribution in [0.2, 0.25) is 0 Å². The first kappa shape index (κ1) is 20.0. The van der Waals surface area contributed by atoms with Crippen molar-refractivity contribution in [3.8, 4) is 16.9 Å². The Balaban J connectivity index is 1.37. The molecular formula is C20H20BrN3O5. The molecule has 29 heavy (non-hydrogen) atoms. The third-order valence-corrected chi connectivity index (χ3v) is 5.24.